The van der Waals surface area contributed by atoms with Crippen LogP contribution >= 0.6 is 22.7 Å². The van der Waals surface area contributed by atoms with Gasteiger partial charge in [-0.15, -0.1) is 22.7 Å². The third-order valence-corrected chi connectivity index (χ3v) is 10.1. The van der Waals surface area contributed by atoms with E-state index in [1.54, 1.807) is 44.1 Å². The number of aliphatic imine (C=N–C) groups is 1. The summed E-state index contributed by atoms with van der Waals surface area (Å²) in [7, 11) is 3.28. The van der Waals surface area contributed by atoms with E-state index in [-0.39, 0.29) is 24.6 Å². The van der Waals surface area contributed by atoms with Crippen molar-refractivity contribution in [2.45, 2.75) is 83.6 Å². The van der Waals surface area contributed by atoms with Crippen LogP contribution in [0, 0.1) is 0 Å². The van der Waals surface area contributed by atoms with Gasteiger partial charge in [0.15, 0.2) is 0 Å². The minimum Gasteiger partial charge on any atom is -0.444 e. The molecule has 50 heavy (non-hydrogen) atoms. The quantitative estimate of drug-likeness (QED) is 0.109. The first-order valence-corrected chi connectivity index (χ1v) is 18.4. The number of ether oxygens (including phenoxy) is 1. The Morgan fingerprint density at radius 3 is 2.06 bits per heavy atom. The second-order valence-electron chi connectivity index (χ2n) is 12.5. The fraction of sp³-hybridized carbons (Fsp3) is 0.405. The number of hydrogen-bond donors (Lipinski definition) is 3. The molecule has 0 aliphatic rings. The van der Waals surface area contributed by atoms with Crippen molar-refractivity contribution in [1.82, 2.24) is 30.8 Å². The highest BCUT2D eigenvalue weighted by Gasteiger charge is 2.28. The van der Waals surface area contributed by atoms with Crippen LogP contribution in [-0.4, -0.2) is 70.8 Å². The molecule has 2 aromatic carbocycles. The van der Waals surface area contributed by atoms with Gasteiger partial charge in [-0.05, 0) is 43.7 Å². The number of thiazole rings is 2. The van der Waals surface area contributed by atoms with E-state index in [2.05, 4.69) is 44.8 Å². The minimum absolute atomic E-state index is 0.143. The summed E-state index contributed by atoms with van der Waals surface area (Å²) in [5, 5.41) is 12.1. The molecule has 0 bridgehead atoms. The molecule has 0 saturated heterocycles. The highest BCUT2D eigenvalue weighted by atomic mass is 32.1. The summed E-state index contributed by atoms with van der Waals surface area (Å²) < 4.78 is 5.49. The maximum absolute atomic E-state index is 13.9. The van der Waals surface area contributed by atoms with Gasteiger partial charge in [-0.1, -0.05) is 74.5 Å². The number of nitrogens with zero attached hydrogens (tertiary/aromatic N) is 4. The number of aromatic nitrogens is 2. The fourth-order valence-corrected chi connectivity index (χ4v) is 6.62. The number of benzene rings is 2. The highest BCUT2D eigenvalue weighted by Crippen LogP contribution is 2.20. The lowest BCUT2D eigenvalue weighted by Gasteiger charge is -2.27. The number of nitrogens with one attached hydrogen (secondary N) is 3. The molecule has 4 amide bonds. The second kappa shape index (κ2) is 19.5. The Hall–Kier alpha value is -4.62. The Bertz CT molecular complexity index is 1660. The van der Waals surface area contributed by atoms with Gasteiger partial charge in [0.05, 0.1) is 27.6 Å². The molecular weight excluding hydrogens is 671 g/mol. The van der Waals surface area contributed by atoms with Crippen LogP contribution in [0.25, 0.3) is 0 Å². The van der Waals surface area contributed by atoms with E-state index in [0.29, 0.717) is 43.9 Å². The second-order valence-corrected chi connectivity index (χ2v) is 14.3. The van der Waals surface area contributed by atoms with Crippen LogP contribution in [0.3, 0.4) is 0 Å². The molecule has 13 heteroatoms. The smallest absolute Gasteiger partial charge is 0.407 e. The molecule has 0 saturated carbocycles. The summed E-state index contributed by atoms with van der Waals surface area (Å²) in [4.78, 5) is 55.4. The molecule has 0 spiro atoms. The first kappa shape index (κ1) is 38.2. The molecule has 0 aliphatic carbocycles. The maximum Gasteiger partial charge on any atom is 0.407 e. The molecule has 0 fully saturated rings. The van der Waals surface area contributed by atoms with E-state index in [9.17, 15) is 14.4 Å². The van der Waals surface area contributed by atoms with Crippen LogP contribution in [0.2, 0.25) is 0 Å². The Balaban J connectivity index is 1.45. The summed E-state index contributed by atoms with van der Waals surface area (Å²) in [5.74, 6) is -0.0522. The predicted octanol–water partition coefficient (Wildman–Crippen LogP) is 6.37. The molecule has 0 unspecified atom stereocenters. The van der Waals surface area contributed by atoms with Crippen molar-refractivity contribution in [3.63, 3.8) is 0 Å². The van der Waals surface area contributed by atoms with Crippen LogP contribution in [0.4, 0.5) is 9.59 Å². The van der Waals surface area contributed by atoms with E-state index >= 15 is 0 Å². The normalized spacial score (nSPS) is 13.3. The van der Waals surface area contributed by atoms with Crippen LogP contribution in [0.1, 0.15) is 66.2 Å². The van der Waals surface area contributed by atoms with Gasteiger partial charge >= 0.3 is 12.1 Å². The minimum atomic E-state index is -0.977. The van der Waals surface area contributed by atoms with Gasteiger partial charge in [0.1, 0.15) is 12.6 Å². The standard InChI is InChI=1S/C37H47N7O4S2/c1-25(2)35-41-31(23-49-35)21-44(5)36(46)43-33(26(3)38-4)34(45)40-29(18-27-12-8-6-9-13-27)16-17-30(19-28-14-10-7-11-15-28)42-37(47)48-22-32-20-39-24-50-32/h6-15,20,23-25,29-30,33H,16-19,21-22H2,1-5H3,(H,40,45)(H,42,47)(H,43,46)/t29-,30-,33+/m1/s1. The number of rotatable bonds is 17. The Kier molecular flexibility index (Phi) is 14.9. The van der Waals surface area contributed by atoms with Gasteiger partial charge in [-0.3, -0.25) is 14.8 Å². The van der Waals surface area contributed by atoms with E-state index < -0.39 is 18.2 Å². The van der Waals surface area contributed by atoms with Crippen molar-refractivity contribution >= 4 is 46.4 Å². The molecule has 11 nitrogen and oxygen atoms in total. The van der Waals surface area contributed by atoms with Crippen molar-refractivity contribution < 1.29 is 19.1 Å². The summed E-state index contributed by atoms with van der Waals surface area (Å²) in [6, 6.07) is 17.9. The zero-order chi connectivity index (χ0) is 35.9. The number of alkyl carbamates (subject to hydrolysis) is 1. The zero-order valence-corrected chi connectivity index (χ0v) is 30.9. The zero-order valence-electron chi connectivity index (χ0n) is 29.3. The molecule has 3 N–H and O–H groups in total. The van der Waals surface area contributed by atoms with Crippen molar-refractivity contribution in [3.05, 3.63) is 104 Å². The van der Waals surface area contributed by atoms with Gasteiger partial charge in [0.2, 0.25) is 5.91 Å². The van der Waals surface area contributed by atoms with Gasteiger partial charge in [-0.2, -0.15) is 0 Å². The van der Waals surface area contributed by atoms with E-state index in [4.69, 9.17) is 4.74 Å². The number of urea groups is 1. The van der Waals surface area contributed by atoms with Crippen molar-refractivity contribution in [1.29, 1.82) is 0 Å². The first-order valence-electron chi connectivity index (χ1n) is 16.7. The lowest BCUT2D eigenvalue weighted by molar-refractivity contribution is -0.122. The van der Waals surface area contributed by atoms with E-state index in [0.717, 1.165) is 26.7 Å². The molecule has 4 rings (SSSR count). The van der Waals surface area contributed by atoms with Crippen molar-refractivity contribution in [3.8, 4) is 0 Å². The van der Waals surface area contributed by atoms with Gasteiger partial charge in [0, 0.05) is 49.4 Å². The van der Waals surface area contributed by atoms with Crippen molar-refractivity contribution in [2.24, 2.45) is 4.99 Å². The monoisotopic (exact) mass is 717 g/mol. The Morgan fingerprint density at radius 2 is 1.52 bits per heavy atom. The lowest BCUT2D eigenvalue weighted by Crippen LogP contribution is -2.55. The average Bonchev–Trinajstić information content (AvgIpc) is 3.82. The molecule has 2 heterocycles. The number of carbonyl (C=O) groups excluding carboxylic acids is 3. The number of hydrogen-bond acceptors (Lipinski definition) is 9. The molecule has 0 radical (unpaired) electrons. The molecule has 4 aromatic rings. The lowest BCUT2D eigenvalue weighted by atomic mass is 9.95. The SMILES string of the molecule is CN=C(C)[C@H](NC(=O)N(C)Cc1csc(C(C)C)n1)C(=O)N[C@H](CC[C@H](Cc1ccccc1)NC(=O)OCc1cncs1)Cc1ccccc1. The van der Waals surface area contributed by atoms with E-state index in [1.165, 1.54) is 16.2 Å². The van der Waals surface area contributed by atoms with Crippen LogP contribution in [-0.2, 0) is 35.5 Å². The molecule has 3 atom stereocenters. The number of amides is 4. The third kappa shape index (κ3) is 12.4. The highest BCUT2D eigenvalue weighted by molar-refractivity contribution is 7.09. The topological polar surface area (TPSA) is 138 Å². The summed E-state index contributed by atoms with van der Waals surface area (Å²) in [6.07, 6.45) is 3.44. The van der Waals surface area contributed by atoms with E-state index in [1.807, 2.05) is 66.0 Å². The van der Waals surface area contributed by atoms with Gasteiger partial charge in [0.25, 0.3) is 0 Å². The molecule has 266 valence electrons. The molecule has 2 aromatic heterocycles. The predicted molar refractivity (Wildman–Crippen MR) is 200 cm³/mol. The number of carbonyl (C=O) groups is 3. The fourth-order valence-electron chi connectivity index (χ4n) is 5.29. The Labute approximate surface area is 302 Å². The average molecular weight is 718 g/mol. The Morgan fingerprint density at radius 1 is 0.900 bits per heavy atom. The van der Waals surface area contributed by atoms with Crippen LogP contribution in [0.15, 0.2) is 82.7 Å². The van der Waals surface area contributed by atoms with Crippen molar-refractivity contribution in [2.75, 3.05) is 14.1 Å². The van der Waals surface area contributed by atoms with Crippen LogP contribution < -0.4 is 16.0 Å². The maximum atomic E-state index is 13.9. The first-order chi connectivity index (χ1) is 24.1. The largest absolute Gasteiger partial charge is 0.444 e. The van der Waals surface area contributed by atoms with Gasteiger partial charge in [-0.25, -0.2) is 14.6 Å². The van der Waals surface area contributed by atoms with Crippen LogP contribution in [0.5, 0.6) is 0 Å². The van der Waals surface area contributed by atoms with Gasteiger partial charge < -0.3 is 25.6 Å². The summed E-state index contributed by atoms with van der Waals surface area (Å²) >= 11 is 3.00. The third-order valence-electron chi connectivity index (χ3n) is 8.12. The molecule has 0 aliphatic heterocycles. The summed E-state index contributed by atoms with van der Waals surface area (Å²) in [5.41, 5.74) is 5.10. The summed E-state index contributed by atoms with van der Waals surface area (Å²) in [6.45, 7) is 6.35. The molecular formula is C37H47N7O4S2.